The van der Waals surface area contributed by atoms with E-state index in [-0.39, 0.29) is 13.1 Å². The van der Waals surface area contributed by atoms with Crippen molar-refractivity contribution in [1.29, 1.82) is 0 Å². The van der Waals surface area contributed by atoms with E-state index in [1.54, 1.807) is 0 Å². The van der Waals surface area contributed by atoms with Crippen LogP contribution in [0, 0.1) is 0 Å². The number of nitrogens with two attached hydrogens (primary N) is 1. The number of rotatable bonds is 5. The summed E-state index contributed by atoms with van der Waals surface area (Å²) < 4.78 is 40.0. The first-order chi connectivity index (χ1) is 12.7. The number of hydrogen-bond acceptors (Lipinski definition) is 5. The number of benzene rings is 1. The van der Waals surface area contributed by atoms with Crippen molar-refractivity contribution < 1.29 is 22.9 Å². The largest absolute Gasteiger partial charge is 0.442 e. The fourth-order valence-electron chi connectivity index (χ4n) is 3.33. The fourth-order valence-corrected chi connectivity index (χ4v) is 5.00. The Hall–Kier alpha value is -1.49. The first-order valence-electron chi connectivity index (χ1n) is 8.68. The molecular weight excluding hydrogens is 396 g/mol. The minimum absolute atomic E-state index is 0.0515. The molecule has 0 radical (unpaired) electrons. The molecule has 2 saturated heterocycles. The number of anilines is 1. The van der Waals surface area contributed by atoms with Crippen molar-refractivity contribution in [2.24, 2.45) is 5.14 Å². The van der Waals surface area contributed by atoms with Gasteiger partial charge >= 0.3 is 6.09 Å². The molecule has 27 heavy (non-hydrogen) atoms. The van der Waals surface area contributed by atoms with Crippen LogP contribution < -0.4 is 15.4 Å². The number of amides is 1. The van der Waals surface area contributed by atoms with Gasteiger partial charge in [0, 0.05) is 17.2 Å². The zero-order valence-corrected chi connectivity index (χ0v) is 16.3. The Morgan fingerprint density at radius 2 is 2.00 bits per heavy atom. The van der Waals surface area contributed by atoms with Gasteiger partial charge in [0.1, 0.15) is 11.1 Å². The van der Waals surface area contributed by atoms with Crippen LogP contribution in [0.2, 0.25) is 0 Å². The van der Waals surface area contributed by atoms with E-state index < -0.39 is 34.1 Å². The van der Waals surface area contributed by atoms with E-state index in [1.165, 1.54) is 4.90 Å². The number of hydrogen-bond donors (Lipinski definition) is 3. The predicted octanol–water partition coefficient (Wildman–Crippen LogP) is 3.22. The van der Waals surface area contributed by atoms with Crippen molar-refractivity contribution in [3.8, 4) is 0 Å². The summed E-state index contributed by atoms with van der Waals surface area (Å²) in [4.78, 5) is 13.0. The van der Waals surface area contributed by atoms with Crippen LogP contribution in [0.15, 0.2) is 24.3 Å². The summed E-state index contributed by atoms with van der Waals surface area (Å²) in [6.07, 6.45) is -2.07. The lowest BCUT2D eigenvalue weighted by Crippen LogP contribution is -2.36. The van der Waals surface area contributed by atoms with Gasteiger partial charge in [0.2, 0.25) is 0 Å². The molecule has 0 saturated carbocycles. The average Bonchev–Trinajstić information content (AvgIpc) is 3.00. The van der Waals surface area contributed by atoms with Crippen LogP contribution in [0.3, 0.4) is 0 Å². The van der Waals surface area contributed by atoms with Crippen LogP contribution in [-0.2, 0) is 4.74 Å². The van der Waals surface area contributed by atoms with E-state index in [0.717, 1.165) is 18.4 Å². The third-order valence-corrected chi connectivity index (χ3v) is 7.10. The van der Waals surface area contributed by atoms with Gasteiger partial charge in [0.15, 0.2) is 0 Å². The summed E-state index contributed by atoms with van der Waals surface area (Å²) in [6, 6.07) is 7.65. The van der Waals surface area contributed by atoms with Gasteiger partial charge in [0.25, 0.3) is 6.43 Å². The van der Waals surface area contributed by atoms with Gasteiger partial charge in [-0.15, -0.1) is 0 Å². The van der Waals surface area contributed by atoms with Crippen LogP contribution in [0.5, 0.6) is 0 Å². The highest BCUT2D eigenvalue weighted by molar-refractivity contribution is 8.27. The lowest BCUT2D eigenvalue weighted by Gasteiger charge is -2.37. The smallest absolute Gasteiger partial charge is 0.414 e. The number of alkyl halides is 2. The van der Waals surface area contributed by atoms with Crippen molar-refractivity contribution >= 4 is 39.5 Å². The molecule has 1 atom stereocenters. The van der Waals surface area contributed by atoms with Crippen molar-refractivity contribution in [2.45, 2.75) is 31.3 Å². The SMILES string of the molecule is NS1(O)CCC(c2ccc(N3CC(CNC(=S)C(F)F)OC3=O)cc2)CC1. The zero-order chi connectivity index (χ0) is 19.6. The first kappa shape index (κ1) is 20.2. The fraction of sp³-hybridized carbons (Fsp3) is 0.529. The number of thiocarbonyl (C=S) groups is 1. The standard InChI is InChI=1S/C17H23F2N3O3S2/c18-15(19)16(26)21-9-14-10-22(17(23)25-14)13-3-1-11(2-4-13)12-5-7-27(20,24)8-6-12/h1-4,12,14-15,24H,5-10,20H2,(H,21,26). The summed E-state index contributed by atoms with van der Waals surface area (Å²) in [5.41, 5.74) is 1.85. The number of nitrogens with zero attached hydrogens (tertiary/aromatic N) is 1. The van der Waals surface area contributed by atoms with Crippen LogP contribution in [0.1, 0.15) is 24.3 Å². The van der Waals surface area contributed by atoms with Crippen LogP contribution >= 0.6 is 22.7 Å². The van der Waals surface area contributed by atoms with Gasteiger partial charge in [-0.05, 0) is 36.5 Å². The van der Waals surface area contributed by atoms with Gasteiger partial charge in [-0.1, -0.05) is 34.8 Å². The van der Waals surface area contributed by atoms with Crippen LogP contribution in [-0.4, -0.2) is 52.8 Å². The minimum Gasteiger partial charge on any atom is -0.442 e. The second-order valence-corrected chi connectivity index (χ2v) is 9.90. The summed E-state index contributed by atoms with van der Waals surface area (Å²) in [5.74, 6) is 1.65. The summed E-state index contributed by atoms with van der Waals surface area (Å²) in [7, 11) is -1.91. The molecule has 4 N–H and O–H groups in total. The van der Waals surface area contributed by atoms with Gasteiger partial charge in [0.05, 0.1) is 13.1 Å². The molecule has 0 spiro atoms. The molecule has 3 rings (SSSR count). The molecule has 0 aliphatic carbocycles. The molecule has 0 bridgehead atoms. The second kappa shape index (κ2) is 8.26. The number of halogens is 2. The maximum atomic E-state index is 12.4. The Labute approximate surface area is 163 Å². The Kier molecular flexibility index (Phi) is 6.19. The highest BCUT2D eigenvalue weighted by Crippen LogP contribution is 2.45. The van der Waals surface area contributed by atoms with E-state index in [4.69, 9.17) is 9.88 Å². The average molecular weight is 420 g/mol. The van der Waals surface area contributed by atoms with Crippen molar-refractivity contribution in [3.63, 3.8) is 0 Å². The lowest BCUT2D eigenvalue weighted by molar-refractivity contribution is 0.142. The third kappa shape index (κ3) is 5.07. The number of cyclic esters (lactones) is 1. The van der Waals surface area contributed by atoms with Gasteiger partial charge in [-0.25, -0.2) is 13.6 Å². The maximum absolute atomic E-state index is 12.4. The third-order valence-electron chi connectivity index (χ3n) is 4.89. The summed E-state index contributed by atoms with van der Waals surface area (Å²) in [5, 5.41) is 8.26. The minimum atomic E-state index is -2.72. The quantitative estimate of drug-likeness (QED) is 0.635. The molecule has 2 heterocycles. The Bertz CT molecular complexity index is 693. The van der Waals surface area contributed by atoms with Crippen molar-refractivity contribution in [3.05, 3.63) is 29.8 Å². The Morgan fingerprint density at radius 3 is 2.59 bits per heavy atom. The number of carbonyl (C=O) groups excluding carboxylic acids is 1. The van der Waals surface area contributed by atoms with Gasteiger partial charge < -0.3 is 14.6 Å². The molecule has 150 valence electrons. The van der Waals surface area contributed by atoms with Crippen LogP contribution in [0.4, 0.5) is 19.3 Å². The number of ether oxygens (including phenoxy) is 1. The molecule has 2 aliphatic rings. The first-order valence-corrected chi connectivity index (χ1v) is 11.1. The van der Waals surface area contributed by atoms with E-state index in [9.17, 15) is 18.1 Å². The van der Waals surface area contributed by atoms with E-state index in [2.05, 4.69) is 17.5 Å². The number of carbonyl (C=O) groups is 1. The second-order valence-electron chi connectivity index (χ2n) is 6.84. The molecule has 1 amide bonds. The molecular formula is C17H23F2N3O3S2. The van der Waals surface area contributed by atoms with E-state index in [0.29, 0.717) is 23.1 Å². The number of nitrogens with one attached hydrogen (secondary N) is 1. The van der Waals surface area contributed by atoms with Gasteiger partial charge in [-0.2, -0.15) is 0 Å². The Balaban J connectivity index is 1.57. The molecule has 1 aromatic carbocycles. The van der Waals surface area contributed by atoms with Crippen molar-refractivity contribution in [2.75, 3.05) is 29.5 Å². The monoisotopic (exact) mass is 419 g/mol. The van der Waals surface area contributed by atoms with Crippen LogP contribution in [0.25, 0.3) is 0 Å². The molecule has 2 fully saturated rings. The topological polar surface area (TPSA) is 87.8 Å². The van der Waals surface area contributed by atoms with E-state index in [1.807, 2.05) is 24.3 Å². The predicted molar refractivity (Wildman–Crippen MR) is 107 cm³/mol. The molecule has 6 nitrogen and oxygen atoms in total. The van der Waals surface area contributed by atoms with Crippen molar-refractivity contribution in [1.82, 2.24) is 5.32 Å². The maximum Gasteiger partial charge on any atom is 0.414 e. The summed E-state index contributed by atoms with van der Waals surface area (Å²) in [6.45, 7) is 0.319. The lowest BCUT2D eigenvalue weighted by atomic mass is 9.93. The molecule has 1 aromatic rings. The molecule has 2 aliphatic heterocycles. The van der Waals surface area contributed by atoms with E-state index >= 15 is 0 Å². The molecule has 10 heteroatoms. The highest BCUT2D eigenvalue weighted by Gasteiger charge is 2.33. The highest BCUT2D eigenvalue weighted by atomic mass is 32.3. The zero-order valence-electron chi connectivity index (χ0n) is 14.6. The Morgan fingerprint density at radius 1 is 1.37 bits per heavy atom. The molecule has 0 aromatic heterocycles. The van der Waals surface area contributed by atoms with Gasteiger partial charge in [-0.3, -0.25) is 10.0 Å². The summed E-state index contributed by atoms with van der Waals surface area (Å²) >= 11 is 4.52. The normalized spacial score (nSPS) is 30.7. The molecule has 1 unspecified atom stereocenters.